The molecule has 3 aromatic rings. The lowest BCUT2D eigenvalue weighted by Crippen LogP contribution is -2.31. The van der Waals surface area contributed by atoms with Crippen LogP contribution in [0.4, 0.5) is 13.2 Å². The average Bonchev–Trinajstić information content (AvgIpc) is 3.50. The first-order valence-corrected chi connectivity index (χ1v) is 12.6. The van der Waals surface area contributed by atoms with Crippen LogP contribution in [0.2, 0.25) is 0 Å². The largest absolute Gasteiger partial charge is 0.490 e. The molecule has 0 saturated carbocycles. The number of carbonyl (C=O) groups is 2. The van der Waals surface area contributed by atoms with Gasteiger partial charge in [-0.2, -0.15) is 13.2 Å². The van der Waals surface area contributed by atoms with E-state index in [2.05, 4.69) is 9.97 Å². The first kappa shape index (κ1) is 24.8. The Morgan fingerprint density at radius 2 is 1.77 bits per heavy atom. The third-order valence-corrected chi connectivity index (χ3v) is 8.80. The Bertz CT molecular complexity index is 1390. The standard InChI is InChI=1S/C20H17N3O3S2.C2HF3O2/c1-12-22-17(11-27-12)20(24)23-9-16-15-8-14(13-4-6-21-7-5-13)2-3-18(15)28(25,26)19(16)10-23;3-2(4,5)1(6)7/h2-8,11,16,19H,9-10H2,1H3;(H,6,7). The van der Waals surface area contributed by atoms with E-state index in [0.29, 0.717) is 17.1 Å². The maximum atomic E-state index is 13.1. The highest BCUT2D eigenvalue weighted by molar-refractivity contribution is 7.92. The van der Waals surface area contributed by atoms with Gasteiger partial charge in [-0.1, -0.05) is 6.07 Å². The number of thiazole rings is 1. The highest BCUT2D eigenvalue weighted by Gasteiger charge is 2.51. The normalized spacial score (nSPS) is 19.9. The number of fused-ring (bicyclic) bond motifs is 3. The predicted molar refractivity (Wildman–Crippen MR) is 120 cm³/mol. The minimum absolute atomic E-state index is 0.194. The number of carbonyl (C=O) groups excluding carboxylic acids is 1. The van der Waals surface area contributed by atoms with E-state index >= 15 is 0 Å². The zero-order valence-electron chi connectivity index (χ0n) is 18.1. The Balaban J connectivity index is 0.000000364. The summed E-state index contributed by atoms with van der Waals surface area (Å²) < 4.78 is 57.9. The van der Waals surface area contributed by atoms with E-state index in [1.165, 1.54) is 11.3 Å². The van der Waals surface area contributed by atoms with Gasteiger partial charge in [0.1, 0.15) is 5.69 Å². The van der Waals surface area contributed by atoms with Crippen LogP contribution in [0.5, 0.6) is 0 Å². The summed E-state index contributed by atoms with van der Waals surface area (Å²) in [7, 11) is -3.45. The first-order chi connectivity index (χ1) is 16.4. The molecule has 4 heterocycles. The Hall–Kier alpha value is -3.32. The number of nitrogens with zero attached hydrogens (tertiary/aromatic N) is 3. The Kier molecular flexibility index (Phi) is 6.40. The van der Waals surface area contributed by atoms with Crippen molar-refractivity contribution in [1.82, 2.24) is 14.9 Å². The molecule has 35 heavy (non-hydrogen) atoms. The molecule has 2 aliphatic heterocycles. The molecule has 2 aliphatic rings. The number of aliphatic carboxylic acids is 1. The van der Waals surface area contributed by atoms with Crippen molar-refractivity contribution < 1.29 is 36.3 Å². The van der Waals surface area contributed by atoms with Gasteiger partial charge in [-0.25, -0.2) is 18.2 Å². The summed E-state index contributed by atoms with van der Waals surface area (Å²) in [4.78, 5) is 32.0. The molecule has 1 aromatic carbocycles. The van der Waals surface area contributed by atoms with Crippen LogP contribution in [-0.4, -0.2) is 64.8 Å². The SMILES string of the molecule is Cc1nc(C(=O)N2CC3c4cc(-c5ccncc5)ccc4S(=O)(=O)C3C2)cs1.O=C(O)C(F)(F)F. The van der Waals surface area contributed by atoms with Crippen LogP contribution < -0.4 is 0 Å². The number of aryl methyl sites for hydroxylation is 1. The zero-order chi connectivity index (χ0) is 25.5. The summed E-state index contributed by atoms with van der Waals surface area (Å²) in [6, 6.07) is 9.30. The van der Waals surface area contributed by atoms with Crippen molar-refractivity contribution in [2.75, 3.05) is 13.1 Å². The predicted octanol–water partition coefficient (Wildman–Crippen LogP) is 3.54. The average molecular weight is 526 g/mol. The van der Waals surface area contributed by atoms with Crippen LogP contribution in [0.3, 0.4) is 0 Å². The number of pyridine rings is 1. The number of carboxylic acids is 1. The summed E-state index contributed by atoms with van der Waals surface area (Å²) >= 11 is 1.42. The molecule has 0 aliphatic carbocycles. The number of alkyl halides is 3. The Morgan fingerprint density at radius 3 is 2.34 bits per heavy atom. The third kappa shape index (κ3) is 4.78. The molecule has 2 aromatic heterocycles. The number of benzene rings is 1. The van der Waals surface area contributed by atoms with Crippen molar-refractivity contribution in [2.45, 2.75) is 29.2 Å². The minimum atomic E-state index is -5.08. The second-order valence-corrected chi connectivity index (χ2v) is 11.1. The summed E-state index contributed by atoms with van der Waals surface area (Å²) in [5, 5.41) is 9.09. The van der Waals surface area contributed by atoms with Gasteiger partial charge in [-0.05, 0) is 47.9 Å². The molecule has 5 rings (SSSR count). The number of hydrogen-bond acceptors (Lipinski definition) is 7. The van der Waals surface area contributed by atoms with Gasteiger partial charge in [0, 0.05) is 36.8 Å². The van der Waals surface area contributed by atoms with Crippen LogP contribution in [0, 0.1) is 6.92 Å². The number of carboxylic acid groups (broad SMARTS) is 1. The van der Waals surface area contributed by atoms with E-state index < -0.39 is 27.2 Å². The second-order valence-electron chi connectivity index (χ2n) is 7.94. The number of rotatable bonds is 2. The van der Waals surface area contributed by atoms with Crippen molar-refractivity contribution >= 4 is 33.1 Å². The molecule has 8 nitrogen and oxygen atoms in total. The number of aromatic nitrogens is 2. The lowest BCUT2D eigenvalue weighted by Gasteiger charge is -2.17. The number of hydrogen-bond donors (Lipinski definition) is 1. The molecule has 13 heteroatoms. The van der Waals surface area contributed by atoms with Gasteiger partial charge in [-0.3, -0.25) is 9.78 Å². The first-order valence-electron chi connectivity index (χ1n) is 10.2. The molecular weight excluding hydrogens is 507 g/mol. The quantitative estimate of drug-likeness (QED) is 0.544. The third-order valence-electron chi connectivity index (χ3n) is 5.76. The summed E-state index contributed by atoms with van der Waals surface area (Å²) in [5.74, 6) is -3.15. The van der Waals surface area contributed by atoms with E-state index in [0.717, 1.165) is 21.7 Å². The van der Waals surface area contributed by atoms with Crippen molar-refractivity contribution in [3.63, 3.8) is 0 Å². The van der Waals surface area contributed by atoms with E-state index in [-0.39, 0.29) is 18.4 Å². The van der Waals surface area contributed by atoms with Crippen LogP contribution >= 0.6 is 11.3 Å². The molecule has 1 N–H and O–H groups in total. The lowest BCUT2D eigenvalue weighted by atomic mass is 9.95. The smallest absolute Gasteiger partial charge is 0.475 e. The fourth-order valence-corrected chi connectivity index (χ4v) is 6.91. The summed E-state index contributed by atoms with van der Waals surface area (Å²) in [5.41, 5.74) is 3.15. The Labute approximate surface area is 202 Å². The molecule has 0 bridgehead atoms. The lowest BCUT2D eigenvalue weighted by molar-refractivity contribution is -0.192. The minimum Gasteiger partial charge on any atom is -0.475 e. The molecule has 1 amide bonds. The van der Waals surface area contributed by atoms with Gasteiger partial charge in [0.15, 0.2) is 9.84 Å². The summed E-state index contributed by atoms with van der Waals surface area (Å²) in [6.07, 6.45) is -1.65. The zero-order valence-corrected chi connectivity index (χ0v) is 19.7. The molecular formula is C22H18F3N3O5S2. The fourth-order valence-electron chi connectivity index (χ4n) is 4.16. The van der Waals surface area contributed by atoms with E-state index in [4.69, 9.17) is 9.90 Å². The van der Waals surface area contributed by atoms with Crippen molar-refractivity contribution in [1.29, 1.82) is 0 Å². The van der Waals surface area contributed by atoms with E-state index in [9.17, 15) is 26.4 Å². The monoisotopic (exact) mass is 525 g/mol. The van der Waals surface area contributed by atoms with E-state index in [1.54, 1.807) is 28.7 Å². The molecule has 2 atom stereocenters. The Morgan fingerprint density at radius 1 is 1.11 bits per heavy atom. The van der Waals surface area contributed by atoms with E-state index in [1.807, 2.05) is 31.2 Å². The summed E-state index contributed by atoms with van der Waals surface area (Å²) in [6.45, 7) is 2.45. The maximum Gasteiger partial charge on any atom is 0.490 e. The second kappa shape index (κ2) is 9.04. The topological polar surface area (TPSA) is 118 Å². The maximum absolute atomic E-state index is 13.1. The highest BCUT2D eigenvalue weighted by atomic mass is 32.2. The number of amides is 1. The molecule has 1 fully saturated rings. The molecule has 184 valence electrons. The van der Waals surface area contributed by atoms with Crippen LogP contribution in [0.25, 0.3) is 11.1 Å². The molecule has 2 unspecified atom stereocenters. The number of sulfone groups is 1. The highest BCUT2D eigenvalue weighted by Crippen LogP contribution is 2.46. The van der Waals surface area contributed by atoms with Gasteiger partial charge >= 0.3 is 12.1 Å². The van der Waals surface area contributed by atoms with Crippen LogP contribution in [-0.2, 0) is 14.6 Å². The van der Waals surface area contributed by atoms with Gasteiger partial charge in [-0.15, -0.1) is 11.3 Å². The van der Waals surface area contributed by atoms with Crippen molar-refractivity contribution in [3.05, 3.63) is 64.4 Å². The van der Waals surface area contributed by atoms with Crippen LogP contribution in [0.15, 0.2) is 53.0 Å². The van der Waals surface area contributed by atoms with Crippen molar-refractivity contribution in [2.24, 2.45) is 0 Å². The molecule has 0 radical (unpaired) electrons. The number of halogens is 3. The van der Waals surface area contributed by atoms with Gasteiger partial charge < -0.3 is 10.0 Å². The van der Waals surface area contributed by atoms with Crippen molar-refractivity contribution in [3.8, 4) is 11.1 Å². The molecule has 1 saturated heterocycles. The number of likely N-dealkylation sites (tertiary alicyclic amines) is 1. The van der Waals surface area contributed by atoms with Gasteiger partial charge in [0.25, 0.3) is 5.91 Å². The molecule has 0 spiro atoms. The fraction of sp³-hybridized carbons (Fsp3) is 0.273. The van der Waals surface area contributed by atoms with Crippen LogP contribution in [0.1, 0.15) is 27.0 Å². The van der Waals surface area contributed by atoms with Gasteiger partial charge in [0.05, 0.1) is 15.2 Å². The van der Waals surface area contributed by atoms with Gasteiger partial charge in [0.2, 0.25) is 0 Å².